The number of rotatable bonds is 4. The van der Waals surface area contributed by atoms with E-state index in [4.69, 9.17) is 15.7 Å². The SMILES string of the molecule is CCOc1cc(Nc2ccc(C#N)cc2Br)c(N)cc1F. The van der Waals surface area contributed by atoms with Crippen LogP contribution in [0, 0.1) is 17.1 Å². The summed E-state index contributed by atoms with van der Waals surface area (Å²) >= 11 is 3.37. The van der Waals surface area contributed by atoms with E-state index in [9.17, 15) is 4.39 Å². The molecule has 0 fully saturated rings. The van der Waals surface area contributed by atoms with Crippen LogP contribution < -0.4 is 15.8 Å². The Labute approximate surface area is 130 Å². The summed E-state index contributed by atoms with van der Waals surface area (Å²) < 4.78 is 19.6. The number of anilines is 3. The van der Waals surface area contributed by atoms with Crippen molar-refractivity contribution in [1.29, 1.82) is 5.26 Å². The highest BCUT2D eigenvalue weighted by Gasteiger charge is 2.10. The monoisotopic (exact) mass is 349 g/mol. The van der Waals surface area contributed by atoms with Crippen LogP contribution in [0.3, 0.4) is 0 Å². The van der Waals surface area contributed by atoms with Crippen LogP contribution in [0.15, 0.2) is 34.8 Å². The minimum Gasteiger partial charge on any atom is -0.491 e. The molecule has 0 saturated heterocycles. The van der Waals surface area contributed by atoms with Crippen molar-refractivity contribution in [3.63, 3.8) is 0 Å². The third kappa shape index (κ3) is 3.44. The molecule has 0 aromatic heterocycles. The van der Waals surface area contributed by atoms with Crippen LogP contribution in [0.2, 0.25) is 0 Å². The average molecular weight is 350 g/mol. The predicted octanol–water partition coefficient (Wildman–Crippen LogP) is 4.18. The number of hydrogen-bond acceptors (Lipinski definition) is 4. The van der Waals surface area contributed by atoms with Gasteiger partial charge in [0.25, 0.3) is 0 Å². The highest BCUT2D eigenvalue weighted by molar-refractivity contribution is 9.10. The predicted molar refractivity (Wildman–Crippen MR) is 84.1 cm³/mol. The standard InChI is InChI=1S/C15H13BrFN3O/c1-2-21-15-7-14(12(19)6-11(15)17)20-13-4-3-9(8-18)5-10(13)16/h3-7,20H,2,19H2,1H3. The van der Waals surface area contributed by atoms with Crippen molar-refractivity contribution in [3.05, 3.63) is 46.2 Å². The molecule has 0 aliphatic carbocycles. The number of nitrogens with one attached hydrogen (secondary N) is 1. The Hall–Kier alpha value is -2.26. The maximum Gasteiger partial charge on any atom is 0.167 e. The van der Waals surface area contributed by atoms with Gasteiger partial charge in [0.15, 0.2) is 11.6 Å². The number of nitrogen functional groups attached to an aromatic ring is 1. The molecule has 0 atom stereocenters. The van der Waals surface area contributed by atoms with Gasteiger partial charge in [-0.2, -0.15) is 5.26 Å². The first-order valence-corrected chi connectivity index (χ1v) is 7.03. The van der Waals surface area contributed by atoms with E-state index in [2.05, 4.69) is 27.3 Å². The molecule has 3 N–H and O–H groups in total. The minimum absolute atomic E-state index is 0.138. The molecule has 108 valence electrons. The summed E-state index contributed by atoms with van der Waals surface area (Å²) in [7, 11) is 0. The Balaban J connectivity index is 2.35. The largest absolute Gasteiger partial charge is 0.491 e. The zero-order valence-corrected chi connectivity index (χ0v) is 12.9. The highest BCUT2D eigenvalue weighted by Crippen LogP contribution is 2.33. The van der Waals surface area contributed by atoms with Crippen molar-refractivity contribution in [3.8, 4) is 11.8 Å². The van der Waals surface area contributed by atoms with Gasteiger partial charge in [0.05, 0.1) is 35.3 Å². The van der Waals surface area contributed by atoms with E-state index in [-0.39, 0.29) is 11.4 Å². The third-order valence-electron chi connectivity index (χ3n) is 2.77. The fourth-order valence-electron chi connectivity index (χ4n) is 1.77. The molecule has 4 nitrogen and oxygen atoms in total. The Morgan fingerprint density at radius 3 is 2.71 bits per heavy atom. The van der Waals surface area contributed by atoms with E-state index in [0.29, 0.717) is 22.3 Å². The molecule has 0 spiro atoms. The molecule has 0 aliphatic rings. The van der Waals surface area contributed by atoms with Crippen LogP contribution in [-0.4, -0.2) is 6.61 Å². The van der Waals surface area contributed by atoms with Crippen LogP contribution in [-0.2, 0) is 0 Å². The molecule has 2 rings (SSSR count). The van der Waals surface area contributed by atoms with Crippen molar-refractivity contribution in [2.75, 3.05) is 17.7 Å². The fourth-order valence-corrected chi connectivity index (χ4v) is 2.25. The molecule has 0 heterocycles. The summed E-state index contributed by atoms with van der Waals surface area (Å²) in [4.78, 5) is 0. The van der Waals surface area contributed by atoms with Crippen LogP contribution in [0.4, 0.5) is 21.5 Å². The van der Waals surface area contributed by atoms with Gasteiger partial charge in [-0.3, -0.25) is 0 Å². The third-order valence-corrected chi connectivity index (χ3v) is 3.43. The second-order valence-electron chi connectivity index (χ2n) is 4.23. The van der Waals surface area contributed by atoms with Crippen molar-refractivity contribution in [2.45, 2.75) is 6.92 Å². The van der Waals surface area contributed by atoms with E-state index in [0.717, 1.165) is 5.69 Å². The lowest BCUT2D eigenvalue weighted by molar-refractivity contribution is 0.322. The summed E-state index contributed by atoms with van der Waals surface area (Å²) in [5.41, 5.74) is 7.87. The number of halogens is 2. The Morgan fingerprint density at radius 2 is 2.10 bits per heavy atom. The lowest BCUT2D eigenvalue weighted by Crippen LogP contribution is -2.01. The summed E-state index contributed by atoms with van der Waals surface area (Å²) in [5, 5.41) is 11.9. The van der Waals surface area contributed by atoms with E-state index >= 15 is 0 Å². The van der Waals surface area contributed by atoms with Crippen molar-refractivity contribution < 1.29 is 9.13 Å². The van der Waals surface area contributed by atoms with E-state index < -0.39 is 5.82 Å². The smallest absolute Gasteiger partial charge is 0.167 e. The Kier molecular flexibility index (Phi) is 4.66. The number of benzene rings is 2. The highest BCUT2D eigenvalue weighted by atomic mass is 79.9. The van der Waals surface area contributed by atoms with Gasteiger partial charge in [-0.05, 0) is 41.1 Å². The van der Waals surface area contributed by atoms with Gasteiger partial charge in [0.2, 0.25) is 0 Å². The van der Waals surface area contributed by atoms with Gasteiger partial charge in [-0.15, -0.1) is 0 Å². The first-order chi connectivity index (χ1) is 10.0. The van der Waals surface area contributed by atoms with E-state index in [1.54, 1.807) is 25.1 Å². The fraction of sp³-hybridized carbons (Fsp3) is 0.133. The second-order valence-corrected chi connectivity index (χ2v) is 5.09. The number of ether oxygens (including phenoxy) is 1. The molecular weight excluding hydrogens is 337 g/mol. The zero-order valence-electron chi connectivity index (χ0n) is 11.3. The van der Waals surface area contributed by atoms with E-state index in [1.807, 2.05) is 0 Å². The van der Waals surface area contributed by atoms with Crippen molar-refractivity contribution >= 4 is 33.0 Å². The van der Waals surface area contributed by atoms with Gasteiger partial charge < -0.3 is 15.8 Å². The lowest BCUT2D eigenvalue weighted by atomic mass is 10.2. The Morgan fingerprint density at radius 1 is 1.33 bits per heavy atom. The van der Waals surface area contributed by atoms with Crippen molar-refractivity contribution in [2.24, 2.45) is 0 Å². The molecular formula is C15H13BrFN3O. The number of hydrogen-bond donors (Lipinski definition) is 2. The molecule has 0 radical (unpaired) electrons. The normalized spacial score (nSPS) is 10.0. The van der Waals surface area contributed by atoms with Gasteiger partial charge in [0.1, 0.15) is 0 Å². The molecule has 0 amide bonds. The molecule has 21 heavy (non-hydrogen) atoms. The topological polar surface area (TPSA) is 71.1 Å². The van der Waals surface area contributed by atoms with Crippen LogP contribution in [0.25, 0.3) is 0 Å². The first kappa shape index (κ1) is 15.1. The summed E-state index contributed by atoms with van der Waals surface area (Å²) in [6, 6.07) is 9.88. The zero-order chi connectivity index (χ0) is 15.4. The van der Waals surface area contributed by atoms with Crippen LogP contribution >= 0.6 is 15.9 Å². The maximum absolute atomic E-state index is 13.7. The summed E-state index contributed by atoms with van der Waals surface area (Å²) in [6.45, 7) is 2.14. The number of nitriles is 1. The molecule has 2 aromatic carbocycles. The molecule has 2 aromatic rings. The number of nitrogens with two attached hydrogens (primary N) is 1. The van der Waals surface area contributed by atoms with Crippen LogP contribution in [0.5, 0.6) is 5.75 Å². The van der Waals surface area contributed by atoms with Crippen LogP contribution in [0.1, 0.15) is 12.5 Å². The van der Waals surface area contributed by atoms with E-state index in [1.165, 1.54) is 12.1 Å². The van der Waals surface area contributed by atoms with Gasteiger partial charge >= 0.3 is 0 Å². The van der Waals surface area contributed by atoms with Gasteiger partial charge in [-0.25, -0.2) is 4.39 Å². The molecule has 6 heteroatoms. The first-order valence-electron chi connectivity index (χ1n) is 6.23. The minimum atomic E-state index is -0.501. The molecule has 0 aliphatic heterocycles. The Bertz CT molecular complexity index is 713. The maximum atomic E-state index is 13.7. The summed E-state index contributed by atoms with van der Waals surface area (Å²) in [6.07, 6.45) is 0. The number of nitrogens with zero attached hydrogens (tertiary/aromatic N) is 1. The van der Waals surface area contributed by atoms with Gasteiger partial charge in [0, 0.05) is 16.6 Å². The molecule has 0 unspecified atom stereocenters. The van der Waals surface area contributed by atoms with Crippen molar-refractivity contribution in [1.82, 2.24) is 0 Å². The summed E-state index contributed by atoms with van der Waals surface area (Å²) in [5.74, 6) is -0.363. The quantitative estimate of drug-likeness (QED) is 0.812. The lowest BCUT2D eigenvalue weighted by Gasteiger charge is -2.13. The van der Waals surface area contributed by atoms with Gasteiger partial charge in [-0.1, -0.05) is 0 Å². The second kappa shape index (κ2) is 6.46. The molecule has 0 bridgehead atoms. The average Bonchev–Trinajstić information content (AvgIpc) is 2.46. The molecule has 0 saturated carbocycles.